The quantitative estimate of drug-likeness (QED) is 0.896. The predicted molar refractivity (Wildman–Crippen MR) is 80.8 cm³/mol. The number of nitrogens with zero attached hydrogens (tertiary/aromatic N) is 3. The first-order valence-electron chi connectivity index (χ1n) is 7.86. The van der Waals surface area contributed by atoms with E-state index in [0.29, 0.717) is 6.54 Å². The highest BCUT2D eigenvalue weighted by molar-refractivity contribution is 5.53. The van der Waals surface area contributed by atoms with Crippen LogP contribution in [0.5, 0.6) is 0 Å². The van der Waals surface area contributed by atoms with Gasteiger partial charge in [0, 0.05) is 31.8 Å². The Labute approximate surface area is 129 Å². The van der Waals surface area contributed by atoms with Gasteiger partial charge in [-0.25, -0.2) is 0 Å². The van der Waals surface area contributed by atoms with Gasteiger partial charge in [-0.1, -0.05) is 11.2 Å². The van der Waals surface area contributed by atoms with Crippen LogP contribution >= 0.6 is 0 Å². The van der Waals surface area contributed by atoms with Gasteiger partial charge in [-0.05, 0) is 25.0 Å². The molecule has 0 aromatic carbocycles. The summed E-state index contributed by atoms with van der Waals surface area (Å²) in [7, 11) is 0. The molecule has 116 valence electrons. The molecule has 0 amide bonds. The van der Waals surface area contributed by atoms with Gasteiger partial charge < -0.3 is 9.63 Å². The highest BCUT2D eigenvalue weighted by Gasteiger charge is 2.37. The first-order valence-corrected chi connectivity index (χ1v) is 7.86. The van der Waals surface area contributed by atoms with E-state index < -0.39 is 0 Å². The van der Waals surface area contributed by atoms with Crippen molar-refractivity contribution >= 4 is 0 Å². The zero-order valence-corrected chi connectivity index (χ0v) is 12.4. The number of hydrogen-bond acceptors (Lipinski definition) is 6. The van der Waals surface area contributed by atoms with Crippen molar-refractivity contribution in [3.05, 3.63) is 36.2 Å². The Bertz CT molecular complexity index is 630. The summed E-state index contributed by atoms with van der Waals surface area (Å²) in [5, 5.41) is 17.3. The number of aromatic nitrogens is 2. The van der Waals surface area contributed by atoms with E-state index in [1.807, 2.05) is 24.3 Å². The molecule has 4 rings (SSSR count). The molecule has 6 nitrogen and oxygen atoms in total. The van der Waals surface area contributed by atoms with Gasteiger partial charge >= 0.3 is 0 Å². The maximum Gasteiger partial charge on any atom is 0.154 e. The summed E-state index contributed by atoms with van der Waals surface area (Å²) in [6, 6.07) is 8.00. The maximum absolute atomic E-state index is 9.74. The Morgan fingerprint density at radius 1 is 1.32 bits per heavy atom. The lowest BCUT2D eigenvalue weighted by Crippen LogP contribution is -2.41. The standard InChI is InChI=1S/C16H20N4O2/c21-11-8-16(18-10-11)20-7-3-5-14(20)15-9-13(19-22-15)12-4-1-2-6-17-12/h1-2,4,6,9,11,14,16,18,21H,3,5,7-8,10H2. The monoisotopic (exact) mass is 300 g/mol. The minimum atomic E-state index is -0.245. The van der Waals surface area contributed by atoms with Crippen LogP contribution in [0.2, 0.25) is 0 Å². The fourth-order valence-electron chi connectivity index (χ4n) is 3.50. The van der Waals surface area contributed by atoms with Crippen LogP contribution in [0.4, 0.5) is 0 Å². The fourth-order valence-corrected chi connectivity index (χ4v) is 3.50. The van der Waals surface area contributed by atoms with Gasteiger partial charge in [0.15, 0.2) is 5.76 Å². The summed E-state index contributed by atoms with van der Waals surface area (Å²) in [6.07, 6.45) is 4.72. The molecule has 4 heterocycles. The summed E-state index contributed by atoms with van der Waals surface area (Å²) < 4.78 is 5.60. The van der Waals surface area contributed by atoms with E-state index in [4.69, 9.17) is 4.52 Å². The largest absolute Gasteiger partial charge is 0.392 e. The molecule has 3 atom stereocenters. The molecule has 2 aromatic rings. The third-order valence-corrected chi connectivity index (χ3v) is 4.56. The third kappa shape index (κ3) is 2.54. The third-order valence-electron chi connectivity index (χ3n) is 4.56. The van der Waals surface area contributed by atoms with Crippen molar-refractivity contribution in [2.75, 3.05) is 13.1 Å². The van der Waals surface area contributed by atoms with Crippen molar-refractivity contribution in [1.29, 1.82) is 0 Å². The lowest BCUT2D eigenvalue weighted by molar-refractivity contribution is 0.126. The van der Waals surface area contributed by atoms with E-state index in [1.54, 1.807) is 6.20 Å². The van der Waals surface area contributed by atoms with Gasteiger partial charge in [0.25, 0.3) is 0 Å². The van der Waals surface area contributed by atoms with E-state index >= 15 is 0 Å². The molecule has 2 saturated heterocycles. The van der Waals surface area contributed by atoms with Crippen LogP contribution in [0.1, 0.15) is 31.1 Å². The lowest BCUT2D eigenvalue weighted by atomic mass is 10.1. The second-order valence-electron chi connectivity index (χ2n) is 6.04. The summed E-state index contributed by atoms with van der Waals surface area (Å²) in [6.45, 7) is 1.69. The average Bonchev–Trinajstić information content (AvgIpc) is 3.27. The zero-order valence-electron chi connectivity index (χ0n) is 12.4. The molecule has 0 radical (unpaired) electrons. The van der Waals surface area contributed by atoms with Gasteiger partial charge in [0.05, 0.1) is 24.0 Å². The number of nitrogens with one attached hydrogen (secondary N) is 1. The minimum absolute atomic E-state index is 0.228. The van der Waals surface area contributed by atoms with E-state index in [9.17, 15) is 5.11 Å². The number of hydrogen-bond donors (Lipinski definition) is 2. The molecule has 0 spiro atoms. The van der Waals surface area contributed by atoms with Crippen LogP contribution in [0, 0.1) is 0 Å². The topological polar surface area (TPSA) is 74.4 Å². The van der Waals surface area contributed by atoms with Gasteiger partial charge in [-0.15, -0.1) is 0 Å². The van der Waals surface area contributed by atoms with Crippen molar-refractivity contribution in [3.8, 4) is 11.4 Å². The van der Waals surface area contributed by atoms with E-state index in [-0.39, 0.29) is 18.3 Å². The van der Waals surface area contributed by atoms with E-state index in [2.05, 4.69) is 20.4 Å². The Morgan fingerprint density at radius 2 is 2.27 bits per heavy atom. The van der Waals surface area contributed by atoms with Crippen molar-refractivity contribution in [2.24, 2.45) is 0 Å². The summed E-state index contributed by atoms with van der Waals surface area (Å²) in [4.78, 5) is 6.70. The van der Waals surface area contributed by atoms with Crippen molar-refractivity contribution in [3.63, 3.8) is 0 Å². The highest BCUT2D eigenvalue weighted by atomic mass is 16.5. The fraction of sp³-hybridized carbons (Fsp3) is 0.500. The first-order chi connectivity index (χ1) is 10.8. The average molecular weight is 300 g/mol. The predicted octanol–water partition coefficient (Wildman–Crippen LogP) is 1.55. The van der Waals surface area contributed by atoms with Crippen molar-refractivity contribution in [1.82, 2.24) is 20.4 Å². The maximum atomic E-state index is 9.74. The van der Waals surface area contributed by atoms with E-state index in [0.717, 1.165) is 43.0 Å². The normalized spacial score (nSPS) is 29.2. The van der Waals surface area contributed by atoms with Crippen LogP contribution in [-0.4, -0.2) is 45.5 Å². The summed E-state index contributed by atoms with van der Waals surface area (Å²) in [5.41, 5.74) is 1.61. The Hall–Kier alpha value is -1.76. The number of rotatable bonds is 3. The highest BCUT2D eigenvalue weighted by Crippen LogP contribution is 2.36. The lowest BCUT2D eigenvalue weighted by Gasteiger charge is -2.28. The number of β-amino-alcohol motifs (C(OH)–C–C–N with tert-alkyl or cyclic N) is 1. The molecule has 3 unspecified atom stereocenters. The van der Waals surface area contributed by atoms with Crippen LogP contribution in [-0.2, 0) is 0 Å². The minimum Gasteiger partial charge on any atom is -0.392 e. The molecule has 22 heavy (non-hydrogen) atoms. The molecule has 0 aliphatic carbocycles. The number of pyridine rings is 1. The van der Waals surface area contributed by atoms with Gasteiger partial charge in [-0.2, -0.15) is 0 Å². The Balaban J connectivity index is 1.55. The molecule has 2 fully saturated rings. The van der Waals surface area contributed by atoms with Gasteiger partial charge in [0.2, 0.25) is 0 Å². The number of aliphatic hydroxyl groups is 1. The molecule has 2 aliphatic heterocycles. The van der Waals surface area contributed by atoms with Gasteiger partial charge in [0.1, 0.15) is 5.69 Å². The molecule has 0 bridgehead atoms. The zero-order chi connectivity index (χ0) is 14.9. The summed E-state index contributed by atoms with van der Waals surface area (Å²) >= 11 is 0. The van der Waals surface area contributed by atoms with Crippen LogP contribution < -0.4 is 5.32 Å². The Morgan fingerprint density at radius 3 is 3.05 bits per heavy atom. The van der Waals surface area contributed by atoms with Crippen molar-refractivity contribution < 1.29 is 9.63 Å². The van der Waals surface area contributed by atoms with Crippen LogP contribution in [0.3, 0.4) is 0 Å². The second kappa shape index (κ2) is 5.79. The second-order valence-corrected chi connectivity index (χ2v) is 6.04. The van der Waals surface area contributed by atoms with Gasteiger partial charge in [-0.3, -0.25) is 15.2 Å². The molecule has 2 aromatic heterocycles. The Kier molecular flexibility index (Phi) is 3.65. The van der Waals surface area contributed by atoms with Crippen LogP contribution in [0.25, 0.3) is 11.4 Å². The smallest absolute Gasteiger partial charge is 0.154 e. The van der Waals surface area contributed by atoms with Crippen molar-refractivity contribution in [2.45, 2.75) is 37.6 Å². The first kappa shape index (κ1) is 13.9. The summed E-state index contributed by atoms with van der Waals surface area (Å²) in [5.74, 6) is 0.890. The number of aliphatic hydroxyl groups excluding tert-OH is 1. The van der Waals surface area contributed by atoms with E-state index in [1.165, 1.54) is 0 Å². The molecule has 2 N–H and O–H groups in total. The molecule has 2 aliphatic rings. The molecular formula is C16H20N4O2. The SMILES string of the molecule is OC1CNC(N2CCCC2c2cc(-c3ccccn3)no2)C1. The molecule has 0 saturated carbocycles. The molecule has 6 heteroatoms. The van der Waals surface area contributed by atoms with Crippen LogP contribution in [0.15, 0.2) is 35.0 Å². The molecular weight excluding hydrogens is 280 g/mol. The number of likely N-dealkylation sites (tertiary alicyclic amines) is 1.